The molecule has 0 atom stereocenters. The Morgan fingerprint density at radius 3 is 2.78 bits per heavy atom. The van der Waals surface area contributed by atoms with Crippen LogP contribution in [0.4, 0.5) is 0 Å². The summed E-state index contributed by atoms with van der Waals surface area (Å²) in [5, 5.41) is -0.263. The SMILES string of the molecule is CNS(=O)(=O)c1ccc(C(=O)N(Cc2cccnc2)C2CC2)o1. The minimum absolute atomic E-state index is 0.0228. The molecule has 1 fully saturated rings. The Morgan fingerprint density at radius 1 is 1.39 bits per heavy atom. The van der Waals surface area contributed by atoms with Crippen molar-refractivity contribution in [3.05, 3.63) is 48.0 Å². The molecule has 1 amide bonds. The van der Waals surface area contributed by atoms with Crippen molar-refractivity contribution in [3.8, 4) is 0 Å². The first-order chi connectivity index (χ1) is 11.0. The highest BCUT2D eigenvalue weighted by Crippen LogP contribution is 2.30. The number of carbonyl (C=O) groups excluding carboxylic acids is 1. The van der Waals surface area contributed by atoms with E-state index in [9.17, 15) is 13.2 Å². The lowest BCUT2D eigenvalue weighted by molar-refractivity contribution is 0.0691. The normalized spacial score (nSPS) is 14.7. The highest BCUT2D eigenvalue weighted by molar-refractivity contribution is 7.89. The van der Waals surface area contributed by atoms with Crippen LogP contribution in [-0.4, -0.2) is 37.3 Å². The molecule has 1 N–H and O–H groups in total. The minimum Gasteiger partial charge on any atom is -0.438 e. The van der Waals surface area contributed by atoms with Crippen molar-refractivity contribution in [1.82, 2.24) is 14.6 Å². The average molecular weight is 335 g/mol. The first-order valence-electron chi connectivity index (χ1n) is 7.24. The van der Waals surface area contributed by atoms with Gasteiger partial charge in [-0.2, -0.15) is 0 Å². The van der Waals surface area contributed by atoms with Gasteiger partial charge in [0, 0.05) is 25.0 Å². The second-order valence-electron chi connectivity index (χ2n) is 5.35. The summed E-state index contributed by atoms with van der Waals surface area (Å²) in [7, 11) is -2.41. The number of nitrogens with zero attached hydrogens (tertiary/aromatic N) is 2. The molecule has 1 aliphatic rings. The molecule has 3 rings (SSSR count). The predicted octanol–water partition coefficient (Wildman–Crippen LogP) is 1.39. The third-order valence-electron chi connectivity index (χ3n) is 3.65. The fourth-order valence-corrected chi connectivity index (χ4v) is 2.91. The Kier molecular flexibility index (Phi) is 4.18. The highest BCUT2D eigenvalue weighted by Gasteiger charge is 2.34. The van der Waals surface area contributed by atoms with Gasteiger partial charge < -0.3 is 9.32 Å². The fourth-order valence-electron chi connectivity index (χ4n) is 2.26. The highest BCUT2D eigenvalue weighted by atomic mass is 32.2. The Morgan fingerprint density at radius 2 is 2.17 bits per heavy atom. The summed E-state index contributed by atoms with van der Waals surface area (Å²) in [6.07, 6.45) is 5.26. The van der Waals surface area contributed by atoms with Gasteiger partial charge in [-0.3, -0.25) is 9.78 Å². The molecule has 0 aliphatic heterocycles. The summed E-state index contributed by atoms with van der Waals surface area (Å²) in [6, 6.07) is 6.56. The van der Waals surface area contributed by atoms with E-state index < -0.39 is 10.0 Å². The molecule has 8 heteroatoms. The molecule has 0 bridgehead atoms. The molecule has 1 aliphatic carbocycles. The van der Waals surface area contributed by atoms with Gasteiger partial charge in [0.2, 0.25) is 5.09 Å². The number of hydrogen-bond donors (Lipinski definition) is 1. The van der Waals surface area contributed by atoms with Gasteiger partial charge in [-0.25, -0.2) is 13.1 Å². The molecule has 7 nitrogen and oxygen atoms in total. The molecular weight excluding hydrogens is 318 g/mol. The van der Waals surface area contributed by atoms with Gasteiger partial charge in [-0.05, 0) is 43.7 Å². The molecule has 0 unspecified atom stereocenters. The van der Waals surface area contributed by atoms with Crippen molar-refractivity contribution < 1.29 is 17.6 Å². The Hall–Kier alpha value is -2.19. The number of nitrogens with one attached hydrogen (secondary N) is 1. The van der Waals surface area contributed by atoms with Gasteiger partial charge in [0.1, 0.15) is 0 Å². The van der Waals surface area contributed by atoms with E-state index in [4.69, 9.17) is 4.42 Å². The third-order valence-corrected chi connectivity index (χ3v) is 4.94. The predicted molar refractivity (Wildman–Crippen MR) is 82.1 cm³/mol. The van der Waals surface area contributed by atoms with E-state index in [2.05, 4.69) is 9.71 Å². The molecule has 2 aromatic rings. The van der Waals surface area contributed by atoms with Gasteiger partial charge in [-0.1, -0.05) is 6.07 Å². The van der Waals surface area contributed by atoms with E-state index in [1.54, 1.807) is 17.3 Å². The van der Waals surface area contributed by atoms with E-state index in [-0.39, 0.29) is 22.8 Å². The Bertz CT molecular complexity index is 797. The number of furan rings is 1. The second-order valence-corrected chi connectivity index (χ2v) is 7.17. The standard InChI is InChI=1S/C15H17N3O4S/c1-16-23(20,21)14-7-6-13(22-14)15(19)18(12-4-5-12)10-11-3-2-8-17-9-11/h2-3,6-9,12,16H,4-5,10H2,1H3. The summed E-state index contributed by atoms with van der Waals surface area (Å²) >= 11 is 0. The number of rotatable bonds is 6. The van der Waals surface area contributed by atoms with Crippen LogP contribution in [0.3, 0.4) is 0 Å². The van der Waals surface area contributed by atoms with Crippen molar-refractivity contribution >= 4 is 15.9 Å². The number of aromatic nitrogens is 1. The van der Waals surface area contributed by atoms with Gasteiger partial charge >= 0.3 is 0 Å². The largest absolute Gasteiger partial charge is 0.438 e. The van der Waals surface area contributed by atoms with E-state index in [0.29, 0.717) is 6.54 Å². The zero-order chi connectivity index (χ0) is 16.4. The molecule has 2 heterocycles. The van der Waals surface area contributed by atoms with Crippen LogP contribution in [0.15, 0.2) is 46.2 Å². The van der Waals surface area contributed by atoms with Crippen LogP contribution >= 0.6 is 0 Å². The zero-order valence-electron chi connectivity index (χ0n) is 12.6. The first kappa shape index (κ1) is 15.7. The van der Waals surface area contributed by atoms with Crippen LogP contribution in [0.2, 0.25) is 0 Å². The minimum atomic E-state index is -3.70. The lowest BCUT2D eigenvalue weighted by atomic mass is 10.2. The number of carbonyl (C=O) groups is 1. The summed E-state index contributed by atoms with van der Waals surface area (Å²) in [6.45, 7) is 0.423. The van der Waals surface area contributed by atoms with Gasteiger partial charge in [-0.15, -0.1) is 0 Å². The summed E-state index contributed by atoms with van der Waals surface area (Å²) in [5.41, 5.74) is 0.919. The van der Waals surface area contributed by atoms with Crippen LogP contribution in [0, 0.1) is 0 Å². The topological polar surface area (TPSA) is 92.5 Å². The third kappa shape index (κ3) is 3.43. The molecule has 122 valence electrons. The summed E-state index contributed by atoms with van der Waals surface area (Å²) in [5.74, 6) is -0.288. The van der Waals surface area contributed by atoms with E-state index in [1.807, 2.05) is 12.1 Å². The quantitative estimate of drug-likeness (QED) is 0.861. The average Bonchev–Trinajstić information content (AvgIpc) is 3.27. The van der Waals surface area contributed by atoms with Crippen molar-refractivity contribution in [1.29, 1.82) is 0 Å². The Balaban J connectivity index is 1.82. The Labute approximate surface area is 134 Å². The number of amides is 1. The lowest BCUT2D eigenvalue weighted by Gasteiger charge is -2.21. The number of hydrogen-bond acceptors (Lipinski definition) is 5. The summed E-state index contributed by atoms with van der Waals surface area (Å²) < 4.78 is 30.8. The van der Waals surface area contributed by atoms with Crippen LogP contribution in [0.5, 0.6) is 0 Å². The van der Waals surface area contributed by atoms with Crippen molar-refractivity contribution in [3.63, 3.8) is 0 Å². The van der Waals surface area contributed by atoms with Gasteiger partial charge in [0.05, 0.1) is 0 Å². The fraction of sp³-hybridized carbons (Fsp3) is 0.333. The molecule has 0 aromatic carbocycles. The molecular formula is C15H17N3O4S. The second kappa shape index (κ2) is 6.13. The number of pyridine rings is 1. The monoisotopic (exact) mass is 335 g/mol. The van der Waals surface area contributed by atoms with Crippen LogP contribution in [-0.2, 0) is 16.6 Å². The van der Waals surface area contributed by atoms with Crippen molar-refractivity contribution in [2.45, 2.75) is 30.5 Å². The molecule has 0 radical (unpaired) electrons. The summed E-state index contributed by atoms with van der Waals surface area (Å²) in [4.78, 5) is 18.4. The molecule has 0 spiro atoms. The molecule has 0 saturated heterocycles. The maximum absolute atomic E-state index is 12.7. The van der Waals surface area contributed by atoms with E-state index >= 15 is 0 Å². The lowest BCUT2D eigenvalue weighted by Crippen LogP contribution is -2.32. The van der Waals surface area contributed by atoms with Crippen molar-refractivity contribution in [2.24, 2.45) is 0 Å². The number of sulfonamides is 1. The van der Waals surface area contributed by atoms with Crippen LogP contribution in [0.25, 0.3) is 0 Å². The molecule has 23 heavy (non-hydrogen) atoms. The molecule has 1 saturated carbocycles. The zero-order valence-corrected chi connectivity index (χ0v) is 13.4. The first-order valence-corrected chi connectivity index (χ1v) is 8.73. The smallest absolute Gasteiger partial charge is 0.290 e. The maximum Gasteiger partial charge on any atom is 0.290 e. The van der Waals surface area contributed by atoms with Crippen LogP contribution in [0.1, 0.15) is 29.0 Å². The van der Waals surface area contributed by atoms with Gasteiger partial charge in [0.25, 0.3) is 15.9 Å². The molecule has 2 aromatic heterocycles. The van der Waals surface area contributed by atoms with Crippen molar-refractivity contribution in [2.75, 3.05) is 7.05 Å². The van der Waals surface area contributed by atoms with E-state index in [1.165, 1.54) is 19.2 Å². The van der Waals surface area contributed by atoms with Crippen LogP contribution < -0.4 is 4.72 Å². The van der Waals surface area contributed by atoms with E-state index in [0.717, 1.165) is 18.4 Å². The maximum atomic E-state index is 12.7. The van der Waals surface area contributed by atoms with Gasteiger partial charge in [0.15, 0.2) is 5.76 Å².